The lowest BCUT2D eigenvalue weighted by Gasteiger charge is -2.28. The molecule has 0 aromatic heterocycles. The molecule has 0 saturated heterocycles. The lowest BCUT2D eigenvalue weighted by atomic mass is 9.93. The molecule has 2 atom stereocenters. The summed E-state index contributed by atoms with van der Waals surface area (Å²) in [5.41, 5.74) is 0. The number of benzene rings is 1. The Morgan fingerprint density at radius 2 is 1.71 bits per heavy atom. The van der Waals surface area contributed by atoms with Crippen molar-refractivity contribution in [1.82, 2.24) is 4.72 Å². The van der Waals surface area contributed by atoms with E-state index in [2.05, 4.69) is 4.72 Å². The van der Waals surface area contributed by atoms with Gasteiger partial charge in [0.05, 0.1) is 15.9 Å². The van der Waals surface area contributed by atoms with Gasteiger partial charge in [-0.1, -0.05) is 18.9 Å². The molecule has 1 aromatic carbocycles. The molecule has 1 aliphatic carbocycles. The molecule has 0 unspecified atom stereocenters. The Kier molecular flexibility index (Phi) is 4.69. The van der Waals surface area contributed by atoms with E-state index in [0.29, 0.717) is 12.8 Å². The Morgan fingerprint density at radius 3 is 2.33 bits per heavy atom. The van der Waals surface area contributed by atoms with Crippen molar-refractivity contribution in [2.24, 2.45) is 5.14 Å². The van der Waals surface area contributed by atoms with Crippen molar-refractivity contribution >= 4 is 20.0 Å². The van der Waals surface area contributed by atoms with E-state index in [9.17, 15) is 21.9 Å². The molecule has 4 N–H and O–H groups in total. The van der Waals surface area contributed by atoms with Gasteiger partial charge in [-0.05, 0) is 31.0 Å². The normalized spacial score (nSPS) is 23.9. The van der Waals surface area contributed by atoms with Crippen molar-refractivity contribution in [2.75, 3.05) is 0 Å². The number of hydrogen-bond donors (Lipinski definition) is 3. The van der Waals surface area contributed by atoms with E-state index >= 15 is 0 Å². The van der Waals surface area contributed by atoms with Crippen molar-refractivity contribution < 1.29 is 21.9 Å². The van der Waals surface area contributed by atoms with Crippen molar-refractivity contribution in [3.8, 4) is 0 Å². The first kappa shape index (κ1) is 16.4. The fourth-order valence-electron chi connectivity index (χ4n) is 2.33. The van der Waals surface area contributed by atoms with E-state index in [4.69, 9.17) is 5.14 Å². The molecule has 9 heteroatoms. The van der Waals surface area contributed by atoms with E-state index < -0.39 is 32.2 Å². The standard InChI is InChI=1S/C12H18N2O5S2/c13-20(16,17)9-4-3-5-10(8-9)21(18,19)14-11-6-1-2-7-12(11)15/h3-5,8,11-12,14-15H,1-2,6-7H2,(H2,13,16,17)/t11-,12-/m0/s1. The minimum absolute atomic E-state index is 0.188. The van der Waals surface area contributed by atoms with Crippen LogP contribution in [0.3, 0.4) is 0 Å². The maximum atomic E-state index is 12.3. The van der Waals surface area contributed by atoms with Crippen LogP contribution in [0.25, 0.3) is 0 Å². The predicted molar refractivity (Wildman–Crippen MR) is 76.4 cm³/mol. The molecule has 0 amide bonds. The molecule has 0 aliphatic heterocycles. The summed E-state index contributed by atoms with van der Waals surface area (Å²) >= 11 is 0. The molecular weight excluding hydrogens is 316 g/mol. The number of hydrogen-bond acceptors (Lipinski definition) is 5. The number of aliphatic hydroxyl groups excluding tert-OH is 1. The van der Waals surface area contributed by atoms with E-state index in [-0.39, 0.29) is 9.79 Å². The predicted octanol–water partition coefficient (Wildman–Crippen LogP) is -0.0842. The minimum atomic E-state index is -3.97. The first-order chi connectivity index (χ1) is 9.70. The van der Waals surface area contributed by atoms with Crippen molar-refractivity contribution in [1.29, 1.82) is 0 Å². The minimum Gasteiger partial charge on any atom is -0.391 e. The second-order valence-corrected chi connectivity index (χ2v) is 8.37. The second-order valence-electron chi connectivity index (χ2n) is 5.10. The Labute approximate surface area is 124 Å². The Hall–Kier alpha value is -1.00. The highest BCUT2D eigenvalue weighted by atomic mass is 32.2. The molecule has 1 fully saturated rings. The van der Waals surface area contributed by atoms with E-state index in [1.54, 1.807) is 0 Å². The van der Waals surface area contributed by atoms with Gasteiger partial charge in [0.25, 0.3) is 0 Å². The van der Waals surface area contributed by atoms with Gasteiger partial charge in [0.15, 0.2) is 0 Å². The summed E-state index contributed by atoms with van der Waals surface area (Å²) in [6, 6.07) is 4.27. The molecule has 118 valence electrons. The van der Waals surface area contributed by atoms with Crippen LogP contribution in [0.15, 0.2) is 34.1 Å². The van der Waals surface area contributed by atoms with Gasteiger partial charge in [0.1, 0.15) is 0 Å². The highest BCUT2D eigenvalue weighted by Crippen LogP contribution is 2.21. The molecule has 0 heterocycles. The quantitative estimate of drug-likeness (QED) is 0.709. The zero-order valence-corrected chi connectivity index (χ0v) is 12.9. The zero-order chi connectivity index (χ0) is 15.7. The van der Waals surface area contributed by atoms with Crippen LogP contribution in [-0.2, 0) is 20.0 Å². The van der Waals surface area contributed by atoms with Gasteiger partial charge in [-0.2, -0.15) is 0 Å². The zero-order valence-electron chi connectivity index (χ0n) is 11.3. The van der Waals surface area contributed by atoms with Crippen LogP contribution in [0.2, 0.25) is 0 Å². The molecule has 1 aromatic rings. The first-order valence-corrected chi connectivity index (χ1v) is 9.56. The van der Waals surface area contributed by atoms with Crippen LogP contribution in [0, 0.1) is 0 Å². The van der Waals surface area contributed by atoms with Crippen molar-refractivity contribution in [3.05, 3.63) is 24.3 Å². The summed E-state index contributed by atoms with van der Waals surface area (Å²) < 4.78 is 49.5. The number of aliphatic hydroxyl groups is 1. The second kappa shape index (κ2) is 6.01. The maximum absolute atomic E-state index is 12.3. The summed E-state index contributed by atoms with van der Waals surface area (Å²) in [6.07, 6.45) is 2.07. The third-order valence-electron chi connectivity index (χ3n) is 3.48. The van der Waals surface area contributed by atoms with Gasteiger partial charge in [0, 0.05) is 6.04 Å². The average Bonchev–Trinajstić information content (AvgIpc) is 2.40. The van der Waals surface area contributed by atoms with Crippen LogP contribution in [0.4, 0.5) is 0 Å². The maximum Gasteiger partial charge on any atom is 0.240 e. The topological polar surface area (TPSA) is 127 Å². The van der Waals surface area contributed by atoms with Crippen LogP contribution >= 0.6 is 0 Å². The summed E-state index contributed by atoms with van der Waals surface area (Å²) in [5, 5.41) is 14.8. The summed E-state index contributed by atoms with van der Waals surface area (Å²) in [6.45, 7) is 0. The third-order valence-corrected chi connectivity index (χ3v) is 5.88. The lowest BCUT2D eigenvalue weighted by molar-refractivity contribution is 0.101. The number of primary sulfonamides is 1. The summed E-state index contributed by atoms with van der Waals surface area (Å²) in [4.78, 5) is -0.457. The number of nitrogens with one attached hydrogen (secondary N) is 1. The molecule has 1 saturated carbocycles. The van der Waals surface area contributed by atoms with Crippen LogP contribution in [0.5, 0.6) is 0 Å². The van der Waals surface area contributed by atoms with Gasteiger partial charge in [-0.25, -0.2) is 26.7 Å². The number of rotatable bonds is 4. The molecule has 21 heavy (non-hydrogen) atoms. The monoisotopic (exact) mass is 334 g/mol. The largest absolute Gasteiger partial charge is 0.391 e. The molecule has 1 aliphatic rings. The van der Waals surface area contributed by atoms with Crippen molar-refractivity contribution in [2.45, 2.75) is 47.6 Å². The summed E-state index contributed by atoms with van der Waals surface area (Å²) in [5.74, 6) is 0. The smallest absolute Gasteiger partial charge is 0.240 e. The van der Waals surface area contributed by atoms with E-state index in [0.717, 1.165) is 18.9 Å². The first-order valence-electron chi connectivity index (χ1n) is 6.53. The molecular formula is C12H18N2O5S2. The third kappa shape index (κ3) is 4.01. The van der Waals surface area contributed by atoms with Gasteiger partial charge in [-0.15, -0.1) is 0 Å². The van der Waals surface area contributed by atoms with Gasteiger partial charge in [-0.3, -0.25) is 0 Å². The van der Waals surface area contributed by atoms with Crippen molar-refractivity contribution in [3.63, 3.8) is 0 Å². The summed E-state index contributed by atoms with van der Waals surface area (Å²) in [7, 11) is -7.88. The van der Waals surface area contributed by atoms with Gasteiger partial charge in [0.2, 0.25) is 20.0 Å². The molecule has 0 radical (unpaired) electrons. The van der Waals surface area contributed by atoms with Crippen LogP contribution in [0.1, 0.15) is 25.7 Å². The highest BCUT2D eigenvalue weighted by Gasteiger charge is 2.28. The highest BCUT2D eigenvalue weighted by molar-refractivity contribution is 7.90. The Morgan fingerprint density at radius 1 is 1.10 bits per heavy atom. The molecule has 7 nitrogen and oxygen atoms in total. The average molecular weight is 334 g/mol. The van der Waals surface area contributed by atoms with Gasteiger partial charge < -0.3 is 5.11 Å². The molecule has 2 rings (SSSR count). The van der Waals surface area contributed by atoms with Gasteiger partial charge >= 0.3 is 0 Å². The van der Waals surface area contributed by atoms with Crippen LogP contribution < -0.4 is 9.86 Å². The lowest BCUT2D eigenvalue weighted by Crippen LogP contribution is -2.44. The Balaban J connectivity index is 2.27. The van der Waals surface area contributed by atoms with E-state index in [1.165, 1.54) is 18.2 Å². The number of nitrogens with two attached hydrogens (primary N) is 1. The van der Waals surface area contributed by atoms with E-state index in [1.807, 2.05) is 0 Å². The number of sulfonamides is 2. The fourth-order valence-corrected chi connectivity index (χ4v) is 4.32. The van der Waals surface area contributed by atoms with Crippen LogP contribution in [-0.4, -0.2) is 34.1 Å². The Bertz CT molecular complexity index is 715. The molecule has 0 bridgehead atoms. The fraction of sp³-hybridized carbons (Fsp3) is 0.500. The SMILES string of the molecule is NS(=O)(=O)c1cccc(S(=O)(=O)N[C@H]2CCCC[C@@H]2O)c1. The molecule has 0 spiro atoms.